The van der Waals surface area contributed by atoms with E-state index in [4.69, 9.17) is 4.74 Å². The summed E-state index contributed by atoms with van der Waals surface area (Å²) in [7, 11) is 0. The molecule has 0 amide bonds. The molecule has 3 heteroatoms. The number of hydrogen-bond donors (Lipinski definition) is 0. The van der Waals surface area contributed by atoms with E-state index in [2.05, 4.69) is 39.5 Å². The Morgan fingerprint density at radius 3 is 2.32 bits per heavy atom. The van der Waals surface area contributed by atoms with E-state index in [1.165, 1.54) is 12.8 Å². The smallest absolute Gasteiger partial charge is 0.320 e. The van der Waals surface area contributed by atoms with Gasteiger partial charge in [0.15, 0.2) is 0 Å². The summed E-state index contributed by atoms with van der Waals surface area (Å²) in [6.07, 6.45) is 3.69. The maximum Gasteiger partial charge on any atom is 0.320 e. The maximum atomic E-state index is 12.1. The summed E-state index contributed by atoms with van der Waals surface area (Å²) in [6.45, 7) is 13.4. The van der Waals surface area contributed by atoms with Gasteiger partial charge >= 0.3 is 5.97 Å². The molecule has 0 unspecified atom stereocenters. The van der Waals surface area contributed by atoms with Gasteiger partial charge in [0, 0.05) is 5.41 Å². The Morgan fingerprint density at radius 2 is 1.89 bits per heavy atom. The predicted octanol–water partition coefficient (Wildman–Crippen LogP) is 3.09. The fourth-order valence-corrected chi connectivity index (χ4v) is 4.13. The van der Waals surface area contributed by atoms with Gasteiger partial charge in [0.1, 0.15) is 6.10 Å². The highest BCUT2D eigenvalue weighted by Crippen LogP contribution is 2.66. The standard InChI is InChI=1S/C16H29NO2/c1-6-17(7-2)11-14(18)19-13-10-12-8-9-16(13,5)15(12,3)4/h12-13H,6-11H2,1-5H3/t12-,13+,16+/m0/s1. The Hall–Kier alpha value is -0.570. The van der Waals surface area contributed by atoms with Gasteiger partial charge in [-0.15, -0.1) is 0 Å². The molecule has 2 aliphatic carbocycles. The van der Waals surface area contributed by atoms with Gasteiger partial charge in [-0.1, -0.05) is 34.6 Å². The number of esters is 1. The number of fused-ring (bicyclic) bond motifs is 2. The van der Waals surface area contributed by atoms with E-state index < -0.39 is 0 Å². The molecule has 0 radical (unpaired) electrons. The molecule has 3 atom stereocenters. The van der Waals surface area contributed by atoms with Crippen LogP contribution in [0.1, 0.15) is 53.9 Å². The van der Waals surface area contributed by atoms with E-state index in [-0.39, 0.29) is 17.5 Å². The zero-order valence-electron chi connectivity index (χ0n) is 13.2. The fraction of sp³-hybridized carbons (Fsp3) is 0.938. The molecule has 2 rings (SSSR count). The van der Waals surface area contributed by atoms with Gasteiger partial charge in [-0.05, 0) is 43.7 Å². The second-order valence-corrected chi connectivity index (χ2v) is 7.05. The van der Waals surface area contributed by atoms with Gasteiger partial charge in [0.05, 0.1) is 6.54 Å². The molecule has 0 aromatic heterocycles. The summed E-state index contributed by atoms with van der Waals surface area (Å²) in [5, 5.41) is 0. The largest absolute Gasteiger partial charge is 0.461 e. The molecule has 2 saturated carbocycles. The highest BCUT2D eigenvalue weighted by molar-refractivity contribution is 5.72. The molecule has 0 aliphatic heterocycles. The van der Waals surface area contributed by atoms with Gasteiger partial charge in [-0.3, -0.25) is 9.69 Å². The molecule has 0 aromatic carbocycles. The summed E-state index contributed by atoms with van der Waals surface area (Å²) in [6, 6.07) is 0. The zero-order chi connectivity index (χ0) is 14.3. The third kappa shape index (κ3) is 2.31. The summed E-state index contributed by atoms with van der Waals surface area (Å²) < 4.78 is 5.84. The molecule has 0 N–H and O–H groups in total. The minimum Gasteiger partial charge on any atom is -0.461 e. The lowest BCUT2D eigenvalue weighted by atomic mass is 9.70. The molecule has 110 valence electrons. The molecule has 2 fully saturated rings. The average molecular weight is 267 g/mol. The van der Waals surface area contributed by atoms with Gasteiger partial charge in [-0.2, -0.15) is 0 Å². The van der Waals surface area contributed by atoms with Crippen LogP contribution in [0.2, 0.25) is 0 Å². The number of carbonyl (C=O) groups excluding carboxylic acids is 1. The molecule has 0 heterocycles. The number of ether oxygens (including phenoxy) is 1. The Morgan fingerprint density at radius 1 is 1.26 bits per heavy atom. The summed E-state index contributed by atoms with van der Waals surface area (Å²) in [4.78, 5) is 14.2. The average Bonchev–Trinajstić information content (AvgIpc) is 2.69. The first-order valence-corrected chi connectivity index (χ1v) is 7.77. The van der Waals surface area contributed by atoms with Gasteiger partial charge in [-0.25, -0.2) is 0 Å². The van der Waals surface area contributed by atoms with Gasteiger partial charge < -0.3 is 4.74 Å². The molecular weight excluding hydrogens is 238 g/mol. The summed E-state index contributed by atoms with van der Waals surface area (Å²) >= 11 is 0. The van der Waals surface area contributed by atoms with Crippen LogP contribution in [-0.2, 0) is 9.53 Å². The van der Waals surface area contributed by atoms with Crippen LogP contribution >= 0.6 is 0 Å². The van der Waals surface area contributed by atoms with Crippen molar-refractivity contribution in [3.05, 3.63) is 0 Å². The lowest BCUT2D eigenvalue weighted by Crippen LogP contribution is -2.40. The molecule has 2 bridgehead atoms. The van der Waals surface area contributed by atoms with Crippen LogP contribution in [0.3, 0.4) is 0 Å². The summed E-state index contributed by atoms with van der Waals surface area (Å²) in [5.41, 5.74) is 0.490. The zero-order valence-corrected chi connectivity index (χ0v) is 13.2. The minimum atomic E-state index is -0.0433. The Labute approximate surface area is 117 Å². The maximum absolute atomic E-state index is 12.1. The van der Waals surface area contributed by atoms with Crippen LogP contribution in [0.5, 0.6) is 0 Å². The first-order chi connectivity index (χ1) is 8.85. The molecule has 2 aliphatic rings. The first kappa shape index (κ1) is 14.8. The molecule has 0 spiro atoms. The Kier molecular flexibility index (Phi) is 3.97. The molecule has 0 saturated heterocycles. The highest BCUT2D eigenvalue weighted by Gasteiger charge is 2.62. The number of likely N-dealkylation sites (N-methyl/N-ethyl adjacent to an activating group) is 1. The van der Waals surface area contributed by atoms with Crippen LogP contribution in [0.4, 0.5) is 0 Å². The second-order valence-electron chi connectivity index (χ2n) is 7.05. The number of rotatable bonds is 5. The Balaban J connectivity index is 1.96. The van der Waals surface area contributed by atoms with Crippen LogP contribution in [0, 0.1) is 16.7 Å². The molecular formula is C16H29NO2. The van der Waals surface area contributed by atoms with E-state index in [9.17, 15) is 4.79 Å². The van der Waals surface area contributed by atoms with Crippen LogP contribution in [-0.4, -0.2) is 36.6 Å². The normalized spacial score (nSPS) is 35.9. The van der Waals surface area contributed by atoms with Crippen LogP contribution < -0.4 is 0 Å². The van der Waals surface area contributed by atoms with Crippen LogP contribution in [0.15, 0.2) is 0 Å². The van der Waals surface area contributed by atoms with E-state index in [1.807, 2.05) is 0 Å². The van der Waals surface area contributed by atoms with Crippen molar-refractivity contribution in [1.29, 1.82) is 0 Å². The SMILES string of the molecule is CCN(CC)CC(=O)O[C@@H]1C[C@@H]2CC[C@@]1(C)C2(C)C. The van der Waals surface area contributed by atoms with E-state index in [1.54, 1.807) is 0 Å². The second kappa shape index (κ2) is 5.08. The summed E-state index contributed by atoms with van der Waals surface area (Å²) in [5.74, 6) is 0.682. The third-order valence-electron chi connectivity index (χ3n) is 6.23. The number of nitrogens with zero attached hydrogens (tertiary/aromatic N) is 1. The Bertz CT molecular complexity index is 349. The molecule has 19 heavy (non-hydrogen) atoms. The number of carbonyl (C=O) groups is 1. The van der Waals surface area contributed by atoms with Crippen molar-refractivity contribution >= 4 is 5.97 Å². The molecule has 3 nitrogen and oxygen atoms in total. The fourth-order valence-electron chi connectivity index (χ4n) is 4.13. The predicted molar refractivity (Wildman–Crippen MR) is 76.9 cm³/mol. The van der Waals surface area contributed by atoms with E-state index in [0.717, 1.165) is 25.4 Å². The third-order valence-corrected chi connectivity index (χ3v) is 6.23. The van der Waals surface area contributed by atoms with Crippen molar-refractivity contribution in [2.24, 2.45) is 16.7 Å². The van der Waals surface area contributed by atoms with Crippen molar-refractivity contribution < 1.29 is 9.53 Å². The highest BCUT2D eigenvalue weighted by atomic mass is 16.5. The van der Waals surface area contributed by atoms with Crippen molar-refractivity contribution in [3.8, 4) is 0 Å². The van der Waals surface area contributed by atoms with Crippen molar-refractivity contribution in [1.82, 2.24) is 4.90 Å². The van der Waals surface area contributed by atoms with Crippen molar-refractivity contribution in [2.45, 2.75) is 60.0 Å². The minimum absolute atomic E-state index is 0.0433. The van der Waals surface area contributed by atoms with E-state index >= 15 is 0 Å². The topological polar surface area (TPSA) is 29.5 Å². The lowest BCUT2D eigenvalue weighted by Gasteiger charge is -2.38. The quantitative estimate of drug-likeness (QED) is 0.717. The first-order valence-electron chi connectivity index (χ1n) is 7.77. The van der Waals surface area contributed by atoms with Crippen LogP contribution in [0.25, 0.3) is 0 Å². The number of hydrogen-bond acceptors (Lipinski definition) is 3. The van der Waals surface area contributed by atoms with Crippen molar-refractivity contribution in [3.63, 3.8) is 0 Å². The van der Waals surface area contributed by atoms with Gasteiger partial charge in [0.2, 0.25) is 0 Å². The molecule has 0 aromatic rings. The van der Waals surface area contributed by atoms with Crippen molar-refractivity contribution in [2.75, 3.05) is 19.6 Å². The monoisotopic (exact) mass is 267 g/mol. The lowest BCUT2D eigenvalue weighted by molar-refractivity contribution is -0.158. The van der Waals surface area contributed by atoms with E-state index in [0.29, 0.717) is 12.0 Å². The van der Waals surface area contributed by atoms with Gasteiger partial charge in [0.25, 0.3) is 0 Å².